The van der Waals surface area contributed by atoms with Gasteiger partial charge >= 0.3 is 5.97 Å². The highest BCUT2D eigenvalue weighted by molar-refractivity contribution is 5.89. The minimum atomic E-state index is -0.377. The number of anilines is 1. The van der Waals surface area contributed by atoms with E-state index in [0.29, 0.717) is 30.5 Å². The van der Waals surface area contributed by atoms with Gasteiger partial charge in [0.25, 0.3) is 0 Å². The summed E-state index contributed by atoms with van der Waals surface area (Å²) in [6.45, 7) is 10.4. The van der Waals surface area contributed by atoms with Gasteiger partial charge in [-0.05, 0) is 31.9 Å². The van der Waals surface area contributed by atoms with Crippen molar-refractivity contribution in [3.8, 4) is 0 Å². The van der Waals surface area contributed by atoms with E-state index >= 15 is 0 Å². The third kappa shape index (κ3) is 4.00. The molecule has 1 aliphatic rings. The maximum Gasteiger partial charge on any atom is 0.339 e. The van der Waals surface area contributed by atoms with Gasteiger partial charge in [-0.2, -0.15) is 0 Å². The molecular formula is C17H25N3O3. The minimum Gasteiger partial charge on any atom is -0.462 e. The van der Waals surface area contributed by atoms with E-state index in [1.807, 2.05) is 16.7 Å². The lowest BCUT2D eigenvalue weighted by molar-refractivity contribution is -0.134. The van der Waals surface area contributed by atoms with Gasteiger partial charge in [0.15, 0.2) is 0 Å². The summed E-state index contributed by atoms with van der Waals surface area (Å²) in [5.41, 5.74) is 0.424. The number of pyridine rings is 1. The number of piperazine rings is 1. The molecule has 0 aliphatic carbocycles. The number of carbonyl (C=O) groups is 2. The summed E-state index contributed by atoms with van der Waals surface area (Å²) in [6.07, 6.45) is 1.50. The average Bonchev–Trinajstić information content (AvgIpc) is 2.52. The smallest absolute Gasteiger partial charge is 0.339 e. The number of aromatic nitrogens is 1. The molecule has 0 N–H and O–H groups in total. The predicted molar refractivity (Wildman–Crippen MR) is 88.4 cm³/mol. The lowest BCUT2D eigenvalue weighted by Crippen LogP contribution is -2.56. The summed E-state index contributed by atoms with van der Waals surface area (Å²) in [4.78, 5) is 32.4. The minimum absolute atomic E-state index is 0.126. The van der Waals surface area contributed by atoms with Crippen LogP contribution >= 0.6 is 0 Å². The Morgan fingerprint density at radius 1 is 1.39 bits per heavy atom. The van der Waals surface area contributed by atoms with Crippen molar-refractivity contribution in [1.29, 1.82) is 0 Å². The molecule has 1 atom stereocenters. The van der Waals surface area contributed by atoms with E-state index in [9.17, 15) is 9.59 Å². The standard InChI is InChI=1S/C17H25N3O3/c1-5-23-17(22)14-6-7-15(18-10-14)20-9-8-19(11-12(2)3)16(21)13(20)4/h6-7,10,12-13H,5,8-9,11H2,1-4H3/t13-/m1/s1. The highest BCUT2D eigenvalue weighted by atomic mass is 16.5. The molecule has 0 spiro atoms. The largest absolute Gasteiger partial charge is 0.462 e. The zero-order valence-electron chi connectivity index (χ0n) is 14.3. The first-order chi connectivity index (χ1) is 10.9. The monoisotopic (exact) mass is 319 g/mol. The normalized spacial score (nSPS) is 18.5. The van der Waals surface area contributed by atoms with Gasteiger partial charge in [0.1, 0.15) is 11.9 Å². The topological polar surface area (TPSA) is 62.7 Å². The fraction of sp³-hybridized carbons (Fsp3) is 0.588. The van der Waals surface area contributed by atoms with Crippen molar-refractivity contribution in [3.05, 3.63) is 23.9 Å². The van der Waals surface area contributed by atoms with Crippen LogP contribution in [0.25, 0.3) is 0 Å². The van der Waals surface area contributed by atoms with Crippen LogP contribution in [0.5, 0.6) is 0 Å². The van der Waals surface area contributed by atoms with E-state index in [1.165, 1.54) is 6.20 Å². The molecule has 1 aromatic rings. The second-order valence-corrected chi connectivity index (χ2v) is 6.17. The third-order valence-corrected chi connectivity index (χ3v) is 3.89. The zero-order valence-corrected chi connectivity index (χ0v) is 14.3. The Bertz CT molecular complexity index is 557. The number of rotatable bonds is 5. The lowest BCUT2D eigenvalue weighted by atomic mass is 10.1. The molecular weight excluding hydrogens is 294 g/mol. The van der Waals surface area contributed by atoms with Gasteiger partial charge in [-0.25, -0.2) is 9.78 Å². The summed E-state index contributed by atoms with van der Waals surface area (Å²) in [6, 6.07) is 3.22. The second-order valence-electron chi connectivity index (χ2n) is 6.17. The first-order valence-corrected chi connectivity index (χ1v) is 8.12. The van der Waals surface area contributed by atoms with Gasteiger partial charge in [-0.1, -0.05) is 13.8 Å². The Labute approximate surface area is 137 Å². The van der Waals surface area contributed by atoms with Crippen LogP contribution < -0.4 is 4.90 Å². The van der Waals surface area contributed by atoms with Gasteiger partial charge in [-0.3, -0.25) is 4.79 Å². The van der Waals surface area contributed by atoms with Gasteiger partial charge in [0, 0.05) is 25.8 Å². The molecule has 0 saturated carbocycles. The molecule has 1 amide bonds. The predicted octanol–water partition coefficient (Wildman–Crippen LogP) is 1.95. The molecule has 1 fully saturated rings. The van der Waals surface area contributed by atoms with Crippen LogP contribution in [0.2, 0.25) is 0 Å². The van der Waals surface area contributed by atoms with Crippen LogP contribution in [-0.2, 0) is 9.53 Å². The Morgan fingerprint density at radius 2 is 2.13 bits per heavy atom. The van der Waals surface area contributed by atoms with E-state index in [4.69, 9.17) is 4.74 Å². The van der Waals surface area contributed by atoms with E-state index in [2.05, 4.69) is 18.8 Å². The molecule has 1 aromatic heterocycles. The molecule has 23 heavy (non-hydrogen) atoms. The van der Waals surface area contributed by atoms with Crippen molar-refractivity contribution in [1.82, 2.24) is 9.88 Å². The van der Waals surface area contributed by atoms with Crippen molar-refractivity contribution in [3.63, 3.8) is 0 Å². The number of ether oxygens (including phenoxy) is 1. The number of amides is 1. The van der Waals surface area contributed by atoms with E-state index in [0.717, 1.165) is 13.1 Å². The second kappa shape index (κ2) is 7.44. The van der Waals surface area contributed by atoms with Gasteiger partial charge in [0.2, 0.25) is 5.91 Å². The Balaban J connectivity index is 2.08. The molecule has 0 radical (unpaired) electrons. The Hall–Kier alpha value is -2.11. The molecule has 0 aromatic carbocycles. The van der Waals surface area contributed by atoms with Crippen LogP contribution in [0.4, 0.5) is 5.82 Å². The van der Waals surface area contributed by atoms with E-state index in [1.54, 1.807) is 19.1 Å². The highest BCUT2D eigenvalue weighted by Crippen LogP contribution is 2.20. The van der Waals surface area contributed by atoms with Crippen molar-refractivity contribution >= 4 is 17.7 Å². The van der Waals surface area contributed by atoms with Crippen LogP contribution in [0, 0.1) is 5.92 Å². The van der Waals surface area contributed by atoms with E-state index < -0.39 is 0 Å². The van der Waals surface area contributed by atoms with Crippen LogP contribution in [0.15, 0.2) is 18.3 Å². The van der Waals surface area contributed by atoms with Crippen molar-refractivity contribution in [2.24, 2.45) is 5.92 Å². The third-order valence-electron chi connectivity index (χ3n) is 3.89. The first-order valence-electron chi connectivity index (χ1n) is 8.12. The molecule has 6 heteroatoms. The summed E-state index contributed by atoms with van der Waals surface area (Å²) in [5, 5.41) is 0. The summed E-state index contributed by atoms with van der Waals surface area (Å²) < 4.78 is 4.95. The number of carbonyl (C=O) groups excluding carboxylic acids is 2. The number of hydrogen-bond acceptors (Lipinski definition) is 5. The van der Waals surface area contributed by atoms with Crippen LogP contribution in [0.1, 0.15) is 38.1 Å². The molecule has 0 bridgehead atoms. The average molecular weight is 319 g/mol. The van der Waals surface area contributed by atoms with Crippen LogP contribution in [-0.4, -0.2) is 54.0 Å². The quantitative estimate of drug-likeness (QED) is 0.776. The Kier molecular flexibility index (Phi) is 5.58. The lowest BCUT2D eigenvalue weighted by Gasteiger charge is -2.40. The first kappa shape index (κ1) is 17.2. The molecule has 2 rings (SSSR count). The molecule has 2 heterocycles. The molecule has 1 aliphatic heterocycles. The molecule has 6 nitrogen and oxygen atoms in total. The van der Waals surface area contributed by atoms with Crippen LogP contribution in [0.3, 0.4) is 0 Å². The number of hydrogen-bond donors (Lipinski definition) is 0. The van der Waals surface area contributed by atoms with Gasteiger partial charge in [0.05, 0.1) is 12.2 Å². The van der Waals surface area contributed by atoms with E-state index in [-0.39, 0.29) is 17.9 Å². The number of nitrogens with zero attached hydrogens (tertiary/aromatic N) is 3. The van der Waals surface area contributed by atoms with Gasteiger partial charge in [-0.15, -0.1) is 0 Å². The highest BCUT2D eigenvalue weighted by Gasteiger charge is 2.32. The maximum absolute atomic E-state index is 12.5. The SMILES string of the molecule is CCOC(=O)c1ccc(N2CCN(CC(C)C)C(=O)[C@H]2C)nc1. The zero-order chi connectivity index (χ0) is 17.0. The fourth-order valence-corrected chi connectivity index (χ4v) is 2.76. The number of esters is 1. The fourth-order valence-electron chi connectivity index (χ4n) is 2.76. The molecule has 0 unspecified atom stereocenters. The van der Waals surface area contributed by atoms with Crippen molar-refractivity contribution in [2.75, 3.05) is 31.1 Å². The molecule has 1 saturated heterocycles. The summed E-state index contributed by atoms with van der Waals surface area (Å²) in [7, 11) is 0. The van der Waals surface area contributed by atoms with Gasteiger partial charge < -0.3 is 14.5 Å². The van der Waals surface area contributed by atoms with Crippen molar-refractivity contribution in [2.45, 2.75) is 33.7 Å². The summed E-state index contributed by atoms with van der Waals surface area (Å²) in [5.74, 6) is 0.918. The Morgan fingerprint density at radius 3 is 2.70 bits per heavy atom. The summed E-state index contributed by atoms with van der Waals surface area (Å²) >= 11 is 0. The van der Waals surface area contributed by atoms with Crippen molar-refractivity contribution < 1.29 is 14.3 Å². The molecule has 126 valence electrons. The maximum atomic E-state index is 12.5.